The summed E-state index contributed by atoms with van der Waals surface area (Å²) in [6, 6.07) is 0.736. The van der Waals surface area contributed by atoms with Crippen LogP contribution in [-0.2, 0) is 4.74 Å². The van der Waals surface area contributed by atoms with Gasteiger partial charge in [-0.1, -0.05) is 13.8 Å². The van der Waals surface area contributed by atoms with Crippen molar-refractivity contribution in [1.29, 1.82) is 0 Å². The Balaban J connectivity index is 0.00000289. The largest absolute Gasteiger partial charge is 0.383 e. The first-order chi connectivity index (χ1) is 8.31. The number of halogens is 1. The first kappa shape index (κ1) is 18.2. The van der Waals surface area contributed by atoms with Crippen molar-refractivity contribution in [2.75, 3.05) is 39.9 Å². The van der Waals surface area contributed by atoms with E-state index in [4.69, 9.17) is 4.74 Å². The molecule has 0 aromatic carbocycles. The summed E-state index contributed by atoms with van der Waals surface area (Å²) in [5, 5.41) is 3.45. The van der Waals surface area contributed by atoms with Gasteiger partial charge in [-0.2, -0.15) is 0 Å². The van der Waals surface area contributed by atoms with E-state index in [0.717, 1.165) is 25.1 Å². The SMILES string of the molecule is CCC(CC)N(CCOC)CC1CCNCC1.Cl. The molecule has 18 heavy (non-hydrogen) atoms. The molecule has 4 heteroatoms. The summed E-state index contributed by atoms with van der Waals surface area (Å²) in [6.45, 7) is 10.2. The third-order valence-corrected chi connectivity index (χ3v) is 3.99. The van der Waals surface area contributed by atoms with E-state index in [1.54, 1.807) is 7.11 Å². The molecule has 0 amide bonds. The van der Waals surface area contributed by atoms with E-state index >= 15 is 0 Å². The van der Waals surface area contributed by atoms with Crippen LogP contribution in [0.5, 0.6) is 0 Å². The number of piperidine rings is 1. The van der Waals surface area contributed by atoms with Gasteiger partial charge in [0.05, 0.1) is 6.61 Å². The van der Waals surface area contributed by atoms with Crippen molar-refractivity contribution in [1.82, 2.24) is 10.2 Å². The van der Waals surface area contributed by atoms with Crippen molar-refractivity contribution in [2.45, 2.75) is 45.6 Å². The Hall–Kier alpha value is 0.170. The normalized spacial score (nSPS) is 17.2. The average molecular weight is 279 g/mol. The van der Waals surface area contributed by atoms with Crippen molar-refractivity contribution in [3.8, 4) is 0 Å². The number of rotatable bonds is 8. The molecule has 0 unspecified atom stereocenters. The Labute approximate surface area is 119 Å². The molecule has 0 saturated carbocycles. The number of hydrogen-bond acceptors (Lipinski definition) is 3. The van der Waals surface area contributed by atoms with Crippen molar-refractivity contribution >= 4 is 12.4 Å². The second-order valence-corrected chi connectivity index (χ2v) is 5.15. The zero-order valence-electron chi connectivity index (χ0n) is 12.3. The highest BCUT2D eigenvalue weighted by molar-refractivity contribution is 5.85. The van der Waals surface area contributed by atoms with Crippen LogP contribution in [0.4, 0.5) is 0 Å². The van der Waals surface area contributed by atoms with E-state index in [1.807, 2.05) is 0 Å². The van der Waals surface area contributed by atoms with Crippen LogP contribution in [0, 0.1) is 5.92 Å². The molecule has 0 bridgehead atoms. The summed E-state index contributed by atoms with van der Waals surface area (Å²) in [5.74, 6) is 0.883. The minimum atomic E-state index is 0. The van der Waals surface area contributed by atoms with Gasteiger partial charge < -0.3 is 10.1 Å². The van der Waals surface area contributed by atoms with Crippen molar-refractivity contribution < 1.29 is 4.74 Å². The molecular weight excluding hydrogens is 248 g/mol. The lowest BCUT2D eigenvalue weighted by Crippen LogP contribution is -2.42. The molecule has 0 spiro atoms. The monoisotopic (exact) mass is 278 g/mol. The molecule has 0 radical (unpaired) electrons. The summed E-state index contributed by atoms with van der Waals surface area (Å²) in [5.41, 5.74) is 0. The van der Waals surface area contributed by atoms with E-state index in [9.17, 15) is 0 Å². The standard InChI is InChI=1S/C14H30N2O.ClH/c1-4-14(5-2)16(10-11-17-3)12-13-6-8-15-9-7-13;/h13-15H,4-12H2,1-3H3;1H. The highest BCUT2D eigenvalue weighted by atomic mass is 35.5. The molecule has 1 fully saturated rings. The van der Waals surface area contributed by atoms with Crippen molar-refractivity contribution in [3.05, 3.63) is 0 Å². The fourth-order valence-corrected chi connectivity index (χ4v) is 2.83. The summed E-state index contributed by atoms with van der Waals surface area (Å²) in [6.07, 6.45) is 5.18. The van der Waals surface area contributed by atoms with Crippen LogP contribution < -0.4 is 5.32 Å². The van der Waals surface area contributed by atoms with Gasteiger partial charge in [0.1, 0.15) is 0 Å². The molecule has 0 atom stereocenters. The fourth-order valence-electron chi connectivity index (χ4n) is 2.83. The average Bonchev–Trinajstić information content (AvgIpc) is 2.38. The van der Waals surface area contributed by atoms with E-state index in [-0.39, 0.29) is 12.4 Å². The smallest absolute Gasteiger partial charge is 0.0589 e. The minimum absolute atomic E-state index is 0. The predicted molar refractivity (Wildman–Crippen MR) is 80.7 cm³/mol. The van der Waals surface area contributed by atoms with Crippen LogP contribution in [0.15, 0.2) is 0 Å². The summed E-state index contributed by atoms with van der Waals surface area (Å²) >= 11 is 0. The molecule has 3 nitrogen and oxygen atoms in total. The molecule has 110 valence electrons. The molecular formula is C14H31ClN2O. The van der Waals surface area contributed by atoms with Crippen LogP contribution >= 0.6 is 12.4 Å². The van der Waals surface area contributed by atoms with Gasteiger partial charge in [-0.25, -0.2) is 0 Å². The Morgan fingerprint density at radius 1 is 1.22 bits per heavy atom. The van der Waals surface area contributed by atoms with Gasteiger partial charge in [0.2, 0.25) is 0 Å². The zero-order valence-corrected chi connectivity index (χ0v) is 13.1. The second-order valence-electron chi connectivity index (χ2n) is 5.15. The molecule has 1 aliphatic heterocycles. The van der Waals surface area contributed by atoms with Crippen LogP contribution in [0.3, 0.4) is 0 Å². The van der Waals surface area contributed by atoms with Crippen LogP contribution in [0.2, 0.25) is 0 Å². The quantitative estimate of drug-likeness (QED) is 0.739. The highest BCUT2D eigenvalue weighted by Crippen LogP contribution is 2.17. The third-order valence-electron chi connectivity index (χ3n) is 3.99. The number of hydrogen-bond donors (Lipinski definition) is 1. The molecule has 0 aliphatic carbocycles. The lowest BCUT2D eigenvalue weighted by molar-refractivity contribution is 0.0955. The predicted octanol–water partition coefficient (Wildman–Crippen LogP) is 2.54. The molecule has 1 saturated heterocycles. The van der Waals surface area contributed by atoms with Gasteiger partial charge >= 0.3 is 0 Å². The Morgan fingerprint density at radius 3 is 2.33 bits per heavy atom. The van der Waals surface area contributed by atoms with Crippen LogP contribution in [0.25, 0.3) is 0 Å². The molecule has 0 aromatic rings. The molecule has 1 heterocycles. The van der Waals surface area contributed by atoms with Crippen LogP contribution in [-0.4, -0.2) is 50.8 Å². The van der Waals surface area contributed by atoms with Gasteiger partial charge in [-0.15, -0.1) is 12.4 Å². The third kappa shape index (κ3) is 6.37. The van der Waals surface area contributed by atoms with Crippen molar-refractivity contribution in [2.24, 2.45) is 5.92 Å². The number of ether oxygens (including phenoxy) is 1. The molecule has 1 N–H and O–H groups in total. The van der Waals surface area contributed by atoms with E-state index < -0.39 is 0 Å². The molecule has 0 aromatic heterocycles. The summed E-state index contributed by atoms with van der Waals surface area (Å²) in [4.78, 5) is 2.65. The van der Waals surface area contributed by atoms with Gasteiger partial charge in [-0.05, 0) is 44.7 Å². The maximum Gasteiger partial charge on any atom is 0.0589 e. The Bertz CT molecular complexity index is 183. The maximum absolute atomic E-state index is 5.25. The zero-order chi connectivity index (χ0) is 12.5. The highest BCUT2D eigenvalue weighted by Gasteiger charge is 2.20. The van der Waals surface area contributed by atoms with E-state index in [2.05, 4.69) is 24.1 Å². The first-order valence-electron chi connectivity index (χ1n) is 7.25. The number of methoxy groups -OCH3 is 1. The van der Waals surface area contributed by atoms with Gasteiger partial charge in [-0.3, -0.25) is 4.90 Å². The van der Waals surface area contributed by atoms with E-state index in [0.29, 0.717) is 0 Å². The second kappa shape index (κ2) is 11.0. The Kier molecular flexibility index (Phi) is 11.1. The van der Waals surface area contributed by atoms with Crippen molar-refractivity contribution in [3.63, 3.8) is 0 Å². The minimum Gasteiger partial charge on any atom is -0.383 e. The van der Waals surface area contributed by atoms with Gasteiger partial charge in [0.25, 0.3) is 0 Å². The maximum atomic E-state index is 5.25. The number of nitrogens with one attached hydrogen (secondary N) is 1. The summed E-state index contributed by atoms with van der Waals surface area (Å²) < 4.78 is 5.25. The van der Waals surface area contributed by atoms with Crippen LogP contribution in [0.1, 0.15) is 39.5 Å². The first-order valence-corrected chi connectivity index (χ1v) is 7.25. The van der Waals surface area contributed by atoms with E-state index in [1.165, 1.54) is 45.3 Å². The lowest BCUT2D eigenvalue weighted by atomic mass is 9.96. The molecule has 1 rings (SSSR count). The number of nitrogens with zero attached hydrogens (tertiary/aromatic N) is 1. The molecule has 1 aliphatic rings. The van der Waals surface area contributed by atoms with Gasteiger partial charge in [0, 0.05) is 26.2 Å². The topological polar surface area (TPSA) is 24.5 Å². The van der Waals surface area contributed by atoms with Gasteiger partial charge in [0.15, 0.2) is 0 Å². The Morgan fingerprint density at radius 2 is 1.83 bits per heavy atom. The lowest BCUT2D eigenvalue weighted by Gasteiger charge is -2.35. The summed E-state index contributed by atoms with van der Waals surface area (Å²) in [7, 11) is 1.80. The fraction of sp³-hybridized carbons (Fsp3) is 1.00.